The number of pyridine rings is 1. The Balaban J connectivity index is 1.72. The average molecular weight is 421 g/mol. The normalized spacial score (nSPS) is 14.5. The van der Waals surface area contributed by atoms with Crippen molar-refractivity contribution in [2.75, 3.05) is 43.2 Å². The molecule has 162 valence electrons. The zero-order chi connectivity index (χ0) is 21.9. The van der Waals surface area contributed by atoms with E-state index >= 15 is 0 Å². The van der Waals surface area contributed by atoms with Crippen LogP contribution < -0.4 is 15.1 Å². The Labute approximate surface area is 183 Å². The van der Waals surface area contributed by atoms with Gasteiger partial charge in [0.1, 0.15) is 5.82 Å². The number of ether oxygens (including phenoxy) is 2. The molecule has 2 aromatic heterocycles. The Morgan fingerprint density at radius 2 is 2.16 bits per heavy atom. The summed E-state index contributed by atoms with van der Waals surface area (Å²) in [7, 11) is 0. The van der Waals surface area contributed by atoms with E-state index in [1.165, 1.54) is 0 Å². The monoisotopic (exact) mass is 420 g/mol. The van der Waals surface area contributed by atoms with E-state index in [1.807, 2.05) is 37.3 Å². The zero-order valence-electron chi connectivity index (χ0n) is 17.8. The second-order valence-corrected chi connectivity index (χ2v) is 6.98. The summed E-state index contributed by atoms with van der Waals surface area (Å²) in [5.41, 5.74) is 5.68. The van der Waals surface area contributed by atoms with Gasteiger partial charge in [0.2, 0.25) is 0 Å². The maximum atomic E-state index is 5.83. The molecule has 1 aliphatic heterocycles. The summed E-state index contributed by atoms with van der Waals surface area (Å²) in [5, 5.41) is 4.27. The third-order valence-corrected chi connectivity index (χ3v) is 4.38. The van der Waals surface area contributed by atoms with Crippen LogP contribution >= 0.6 is 0 Å². The van der Waals surface area contributed by atoms with E-state index in [9.17, 15) is 0 Å². The number of hydrogen-bond acceptors (Lipinski definition) is 8. The van der Waals surface area contributed by atoms with Crippen LogP contribution in [-0.4, -0.2) is 54.1 Å². The van der Waals surface area contributed by atoms with E-state index in [-0.39, 0.29) is 0 Å². The fraction of sp³-hybridized carbons (Fsp3) is 0.304. The molecule has 0 spiro atoms. The number of allylic oxidation sites excluding steroid dienone is 4. The molecule has 0 saturated carbocycles. The highest BCUT2D eigenvalue weighted by atomic mass is 16.5. The van der Waals surface area contributed by atoms with E-state index in [0.29, 0.717) is 38.1 Å². The van der Waals surface area contributed by atoms with Crippen molar-refractivity contribution in [3.63, 3.8) is 0 Å². The molecule has 1 aliphatic rings. The van der Waals surface area contributed by atoms with Crippen LogP contribution in [0.1, 0.15) is 12.6 Å². The molecule has 3 rings (SSSR count). The highest BCUT2D eigenvalue weighted by Gasteiger charge is 2.15. The smallest absolute Gasteiger partial charge is 0.320 e. The topological polar surface area (TPSA) is 84.8 Å². The summed E-state index contributed by atoms with van der Waals surface area (Å²) in [4.78, 5) is 15.5. The van der Waals surface area contributed by atoms with Crippen molar-refractivity contribution in [1.82, 2.24) is 15.0 Å². The van der Waals surface area contributed by atoms with Gasteiger partial charge in [0.15, 0.2) is 5.82 Å². The van der Waals surface area contributed by atoms with Crippen molar-refractivity contribution in [3.05, 3.63) is 72.6 Å². The Morgan fingerprint density at radius 1 is 1.32 bits per heavy atom. The van der Waals surface area contributed by atoms with Gasteiger partial charge in [0.25, 0.3) is 0 Å². The molecule has 31 heavy (non-hydrogen) atoms. The van der Waals surface area contributed by atoms with Crippen molar-refractivity contribution in [1.29, 1.82) is 0 Å². The molecule has 0 bridgehead atoms. The molecule has 8 heteroatoms. The van der Waals surface area contributed by atoms with Crippen LogP contribution in [0.2, 0.25) is 0 Å². The number of rotatable bonds is 10. The van der Waals surface area contributed by atoms with Crippen LogP contribution in [0.25, 0.3) is 0 Å². The van der Waals surface area contributed by atoms with Gasteiger partial charge < -0.3 is 14.4 Å². The fourth-order valence-corrected chi connectivity index (χ4v) is 2.89. The molecule has 1 fully saturated rings. The minimum Gasteiger partial charge on any atom is -0.463 e. The molecule has 1 N–H and O–H groups in total. The summed E-state index contributed by atoms with van der Waals surface area (Å²) in [6, 6.07) is 7.95. The van der Waals surface area contributed by atoms with Crippen LogP contribution in [0, 0.1) is 0 Å². The summed E-state index contributed by atoms with van der Waals surface area (Å²) in [6.45, 7) is 12.8. The van der Waals surface area contributed by atoms with Crippen molar-refractivity contribution in [2.45, 2.75) is 13.3 Å². The van der Waals surface area contributed by atoms with Crippen molar-refractivity contribution in [3.8, 4) is 6.01 Å². The first-order valence-corrected chi connectivity index (χ1v) is 10.2. The number of anilines is 2. The Morgan fingerprint density at radius 3 is 2.87 bits per heavy atom. The summed E-state index contributed by atoms with van der Waals surface area (Å²) in [5.74, 6) is 1.31. The first-order chi connectivity index (χ1) is 15.1. The Hall–Kier alpha value is -3.52. The van der Waals surface area contributed by atoms with Gasteiger partial charge in [-0.25, -0.2) is 0 Å². The van der Waals surface area contributed by atoms with Crippen LogP contribution in [-0.2, 0) is 11.2 Å². The van der Waals surface area contributed by atoms with E-state index in [1.54, 1.807) is 18.5 Å². The highest BCUT2D eigenvalue weighted by molar-refractivity contribution is 5.83. The number of hydrogen-bond donors (Lipinski definition) is 1. The van der Waals surface area contributed by atoms with Crippen LogP contribution in [0.4, 0.5) is 11.6 Å². The van der Waals surface area contributed by atoms with Gasteiger partial charge in [0.05, 0.1) is 26.0 Å². The summed E-state index contributed by atoms with van der Waals surface area (Å²) in [6.07, 6.45) is 7.71. The minimum atomic E-state index is 0.291. The molecule has 0 aromatic carbocycles. The lowest BCUT2D eigenvalue weighted by Gasteiger charge is -2.28. The average Bonchev–Trinajstić information content (AvgIpc) is 2.79. The number of aromatic nitrogens is 3. The van der Waals surface area contributed by atoms with Crippen LogP contribution in [0.5, 0.6) is 6.01 Å². The van der Waals surface area contributed by atoms with Gasteiger partial charge in [0, 0.05) is 37.5 Å². The zero-order valence-corrected chi connectivity index (χ0v) is 17.8. The number of hydrazone groups is 1. The molecule has 2 aromatic rings. The second kappa shape index (κ2) is 11.6. The minimum absolute atomic E-state index is 0.291. The van der Waals surface area contributed by atoms with E-state index in [2.05, 4.69) is 43.5 Å². The summed E-state index contributed by atoms with van der Waals surface area (Å²) < 4.78 is 11.3. The van der Waals surface area contributed by atoms with E-state index < -0.39 is 0 Å². The molecular weight excluding hydrogens is 392 g/mol. The molecule has 0 aliphatic carbocycles. The lowest BCUT2D eigenvalue weighted by atomic mass is 10.2. The molecule has 0 amide bonds. The van der Waals surface area contributed by atoms with Crippen molar-refractivity contribution < 1.29 is 9.47 Å². The first-order valence-electron chi connectivity index (χ1n) is 10.2. The SMILES string of the molecule is C=CC(/C=N/Nc1cc(N2CCOCC2)nc(OCCc2ccccn2)n1)=C\C(=C)C. The van der Waals surface area contributed by atoms with E-state index in [0.717, 1.165) is 35.7 Å². The van der Waals surface area contributed by atoms with Gasteiger partial charge in [-0.15, -0.1) is 0 Å². The number of nitrogens with zero attached hydrogens (tertiary/aromatic N) is 5. The number of nitrogens with one attached hydrogen (secondary N) is 1. The maximum Gasteiger partial charge on any atom is 0.320 e. The third kappa shape index (κ3) is 7.35. The Kier molecular flexibility index (Phi) is 8.30. The van der Waals surface area contributed by atoms with Gasteiger partial charge in [-0.2, -0.15) is 15.1 Å². The lowest BCUT2D eigenvalue weighted by molar-refractivity contribution is 0.122. The predicted octanol–water partition coefficient (Wildman–Crippen LogP) is 3.42. The quantitative estimate of drug-likeness (QED) is 0.358. The fourth-order valence-electron chi connectivity index (χ4n) is 2.89. The second-order valence-electron chi connectivity index (χ2n) is 6.98. The van der Waals surface area contributed by atoms with Gasteiger partial charge >= 0.3 is 6.01 Å². The van der Waals surface area contributed by atoms with Crippen LogP contribution in [0.15, 0.2) is 72.0 Å². The van der Waals surface area contributed by atoms with Crippen molar-refractivity contribution in [2.24, 2.45) is 5.10 Å². The molecule has 0 atom stereocenters. The van der Waals surface area contributed by atoms with Crippen LogP contribution in [0.3, 0.4) is 0 Å². The van der Waals surface area contributed by atoms with Gasteiger partial charge in [-0.1, -0.05) is 36.9 Å². The highest BCUT2D eigenvalue weighted by Crippen LogP contribution is 2.20. The standard InChI is InChI=1S/C23H28N6O2/c1-4-19(15-18(2)3)17-25-28-21-16-22(29-10-13-30-14-11-29)27-23(26-21)31-12-8-20-7-5-6-9-24-20/h4-7,9,15-17H,1-2,8,10-14H2,3H3,(H,26,27,28)/b19-15+,25-17+. The molecular formula is C23H28N6O2. The molecule has 0 radical (unpaired) electrons. The van der Waals surface area contributed by atoms with Gasteiger partial charge in [-0.05, 0) is 24.6 Å². The molecule has 0 unspecified atom stereocenters. The predicted molar refractivity (Wildman–Crippen MR) is 124 cm³/mol. The van der Waals surface area contributed by atoms with E-state index in [4.69, 9.17) is 9.47 Å². The lowest BCUT2D eigenvalue weighted by Crippen LogP contribution is -2.36. The Bertz CT molecular complexity index is 936. The number of morpholine rings is 1. The summed E-state index contributed by atoms with van der Waals surface area (Å²) >= 11 is 0. The molecule has 3 heterocycles. The molecule has 8 nitrogen and oxygen atoms in total. The van der Waals surface area contributed by atoms with Gasteiger partial charge in [-0.3, -0.25) is 10.4 Å². The maximum absolute atomic E-state index is 5.83. The molecule has 1 saturated heterocycles. The first kappa shape index (κ1) is 22.2. The largest absolute Gasteiger partial charge is 0.463 e. The van der Waals surface area contributed by atoms with Crippen molar-refractivity contribution >= 4 is 17.9 Å². The third-order valence-electron chi connectivity index (χ3n) is 4.38.